The Balaban J connectivity index is 2.52. The Hall–Kier alpha value is -1.91. The summed E-state index contributed by atoms with van der Waals surface area (Å²) in [5.74, 6) is -0.425. The van der Waals surface area contributed by atoms with E-state index in [1.54, 1.807) is 23.2 Å². The van der Waals surface area contributed by atoms with Gasteiger partial charge >= 0.3 is 0 Å². The molecule has 0 aromatic carbocycles. The maximum atomic E-state index is 12.7. The number of nitrogens with zero attached hydrogens (tertiary/aromatic N) is 3. The SMILES string of the molecule is Cc1cn(-c2ccc(F)nc2N)cn1. The topological polar surface area (TPSA) is 56.7 Å². The average Bonchev–Trinajstić information content (AvgIpc) is 2.51. The van der Waals surface area contributed by atoms with E-state index in [0.29, 0.717) is 5.69 Å². The molecule has 0 amide bonds. The maximum Gasteiger partial charge on any atom is 0.214 e. The quantitative estimate of drug-likeness (QED) is 0.693. The fourth-order valence-corrected chi connectivity index (χ4v) is 1.21. The van der Waals surface area contributed by atoms with Gasteiger partial charge in [-0.15, -0.1) is 0 Å². The van der Waals surface area contributed by atoms with E-state index >= 15 is 0 Å². The van der Waals surface area contributed by atoms with Crippen molar-refractivity contribution in [1.82, 2.24) is 14.5 Å². The lowest BCUT2D eigenvalue weighted by atomic mass is 10.4. The molecule has 0 saturated carbocycles. The summed E-state index contributed by atoms with van der Waals surface area (Å²) in [4.78, 5) is 7.56. The van der Waals surface area contributed by atoms with Crippen molar-refractivity contribution in [2.24, 2.45) is 0 Å². The van der Waals surface area contributed by atoms with Crippen molar-refractivity contribution >= 4 is 5.82 Å². The van der Waals surface area contributed by atoms with Gasteiger partial charge in [0.25, 0.3) is 0 Å². The second-order valence-electron chi connectivity index (χ2n) is 2.96. The molecule has 0 spiro atoms. The van der Waals surface area contributed by atoms with E-state index < -0.39 is 5.95 Å². The van der Waals surface area contributed by atoms with Crippen LogP contribution in [0.15, 0.2) is 24.7 Å². The number of pyridine rings is 1. The van der Waals surface area contributed by atoms with E-state index in [1.165, 1.54) is 6.07 Å². The Morgan fingerprint density at radius 1 is 1.43 bits per heavy atom. The number of rotatable bonds is 1. The number of aryl methyl sites for hydroxylation is 1. The molecule has 2 aromatic rings. The molecule has 0 saturated heterocycles. The molecule has 72 valence electrons. The van der Waals surface area contributed by atoms with E-state index in [0.717, 1.165) is 5.69 Å². The predicted octanol–water partition coefficient (Wildman–Crippen LogP) is 1.30. The van der Waals surface area contributed by atoms with Crippen molar-refractivity contribution in [3.05, 3.63) is 36.3 Å². The fraction of sp³-hybridized carbons (Fsp3) is 0.111. The largest absolute Gasteiger partial charge is 0.382 e. The van der Waals surface area contributed by atoms with Gasteiger partial charge in [-0.05, 0) is 19.1 Å². The summed E-state index contributed by atoms with van der Waals surface area (Å²) in [6, 6.07) is 2.83. The summed E-state index contributed by atoms with van der Waals surface area (Å²) in [7, 11) is 0. The van der Waals surface area contributed by atoms with Gasteiger partial charge in [0, 0.05) is 6.20 Å². The molecule has 0 aliphatic carbocycles. The second-order valence-corrected chi connectivity index (χ2v) is 2.96. The summed E-state index contributed by atoms with van der Waals surface area (Å²) in [5.41, 5.74) is 7.06. The monoisotopic (exact) mass is 192 g/mol. The molecule has 0 bridgehead atoms. The van der Waals surface area contributed by atoms with Gasteiger partial charge in [-0.2, -0.15) is 4.39 Å². The van der Waals surface area contributed by atoms with Crippen LogP contribution in [-0.4, -0.2) is 14.5 Å². The fourth-order valence-electron chi connectivity index (χ4n) is 1.21. The molecular weight excluding hydrogens is 183 g/mol. The summed E-state index contributed by atoms with van der Waals surface area (Å²) in [5, 5.41) is 0. The Kier molecular flexibility index (Phi) is 1.92. The summed E-state index contributed by atoms with van der Waals surface area (Å²) < 4.78 is 14.4. The van der Waals surface area contributed by atoms with Gasteiger partial charge in [0.2, 0.25) is 5.95 Å². The highest BCUT2D eigenvalue weighted by molar-refractivity contribution is 5.51. The number of hydrogen-bond acceptors (Lipinski definition) is 3. The third kappa shape index (κ3) is 1.44. The smallest absolute Gasteiger partial charge is 0.214 e. The van der Waals surface area contributed by atoms with E-state index in [2.05, 4.69) is 9.97 Å². The van der Waals surface area contributed by atoms with Crippen molar-refractivity contribution < 1.29 is 4.39 Å². The molecule has 14 heavy (non-hydrogen) atoms. The van der Waals surface area contributed by atoms with Gasteiger partial charge in [0.05, 0.1) is 17.7 Å². The normalized spacial score (nSPS) is 10.4. The maximum absolute atomic E-state index is 12.7. The van der Waals surface area contributed by atoms with Gasteiger partial charge in [0.1, 0.15) is 0 Å². The molecule has 2 aromatic heterocycles. The minimum absolute atomic E-state index is 0.155. The third-order valence-corrected chi connectivity index (χ3v) is 1.86. The minimum atomic E-state index is -0.580. The van der Waals surface area contributed by atoms with Gasteiger partial charge in [0.15, 0.2) is 5.82 Å². The summed E-state index contributed by atoms with van der Waals surface area (Å²) in [6.45, 7) is 1.86. The second kappa shape index (κ2) is 3.10. The Labute approximate surface area is 80.2 Å². The van der Waals surface area contributed by atoms with E-state index in [1.807, 2.05) is 6.92 Å². The van der Waals surface area contributed by atoms with E-state index in [-0.39, 0.29) is 5.82 Å². The highest BCUT2D eigenvalue weighted by Crippen LogP contribution is 2.14. The highest BCUT2D eigenvalue weighted by Gasteiger charge is 2.04. The third-order valence-electron chi connectivity index (χ3n) is 1.86. The Morgan fingerprint density at radius 3 is 2.79 bits per heavy atom. The number of halogens is 1. The molecule has 0 atom stereocenters. The average molecular weight is 192 g/mol. The van der Waals surface area contributed by atoms with Crippen molar-refractivity contribution in [2.45, 2.75) is 6.92 Å². The van der Waals surface area contributed by atoms with Crippen molar-refractivity contribution in [3.63, 3.8) is 0 Å². The van der Waals surface area contributed by atoms with Crippen LogP contribution in [0.4, 0.5) is 10.2 Å². The number of nitrogen functional groups attached to an aromatic ring is 1. The molecule has 2 N–H and O–H groups in total. The van der Waals surface area contributed by atoms with Crippen LogP contribution in [-0.2, 0) is 0 Å². The van der Waals surface area contributed by atoms with Crippen molar-refractivity contribution in [3.8, 4) is 5.69 Å². The molecule has 0 fully saturated rings. The molecule has 4 nitrogen and oxygen atoms in total. The number of imidazole rings is 1. The van der Waals surface area contributed by atoms with Crippen molar-refractivity contribution in [1.29, 1.82) is 0 Å². The van der Waals surface area contributed by atoms with Gasteiger partial charge < -0.3 is 10.3 Å². The predicted molar refractivity (Wildman–Crippen MR) is 50.5 cm³/mol. The molecular formula is C9H9FN4. The lowest BCUT2D eigenvalue weighted by molar-refractivity contribution is 0.585. The van der Waals surface area contributed by atoms with Gasteiger partial charge in [-0.3, -0.25) is 0 Å². The Bertz CT molecular complexity index is 464. The van der Waals surface area contributed by atoms with Crippen LogP contribution in [0.3, 0.4) is 0 Å². The molecule has 0 aliphatic heterocycles. The molecule has 2 rings (SSSR count). The summed E-state index contributed by atoms with van der Waals surface area (Å²) >= 11 is 0. The van der Waals surface area contributed by atoms with E-state index in [4.69, 9.17) is 5.73 Å². The molecule has 0 radical (unpaired) electrons. The first-order valence-corrected chi connectivity index (χ1v) is 4.10. The van der Waals surface area contributed by atoms with Crippen molar-refractivity contribution in [2.75, 3.05) is 5.73 Å². The van der Waals surface area contributed by atoms with Crippen LogP contribution >= 0.6 is 0 Å². The van der Waals surface area contributed by atoms with Crippen LogP contribution in [0, 0.1) is 12.9 Å². The standard InChI is InChI=1S/C9H9FN4/c1-6-4-14(5-12-6)7-2-3-8(10)13-9(7)11/h2-5H,1H3,(H2,11,13). The number of hydrogen-bond donors (Lipinski definition) is 1. The molecule has 0 aliphatic rings. The first kappa shape index (κ1) is 8.68. The van der Waals surface area contributed by atoms with Crippen LogP contribution in [0.25, 0.3) is 5.69 Å². The van der Waals surface area contributed by atoms with Crippen LogP contribution in [0.1, 0.15) is 5.69 Å². The lowest BCUT2D eigenvalue weighted by Crippen LogP contribution is -2.01. The van der Waals surface area contributed by atoms with E-state index in [9.17, 15) is 4.39 Å². The highest BCUT2D eigenvalue weighted by atomic mass is 19.1. The molecule has 2 heterocycles. The zero-order valence-corrected chi connectivity index (χ0v) is 7.61. The minimum Gasteiger partial charge on any atom is -0.382 e. The van der Waals surface area contributed by atoms with Crippen LogP contribution in [0.5, 0.6) is 0 Å². The summed E-state index contributed by atoms with van der Waals surface area (Å²) in [6.07, 6.45) is 3.41. The number of anilines is 1. The van der Waals surface area contributed by atoms with Crippen LogP contribution in [0.2, 0.25) is 0 Å². The Morgan fingerprint density at radius 2 is 2.21 bits per heavy atom. The zero-order valence-electron chi connectivity index (χ0n) is 7.61. The number of nitrogens with two attached hydrogens (primary N) is 1. The first-order chi connectivity index (χ1) is 6.66. The zero-order chi connectivity index (χ0) is 10.1. The van der Waals surface area contributed by atoms with Crippen LogP contribution < -0.4 is 5.73 Å². The van der Waals surface area contributed by atoms with Gasteiger partial charge in [-0.25, -0.2) is 9.97 Å². The molecule has 5 heteroatoms. The first-order valence-electron chi connectivity index (χ1n) is 4.10. The molecule has 0 unspecified atom stereocenters. The number of aromatic nitrogens is 3. The van der Waals surface area contributed by atoms with Gasteiger partial charge in [-0.1, -0.05) is 0 Å². The lowest BCUT2D eigenvalue weighted by Gasteiger charge is -2.04.